The van der Waals surface area contributed by atoms with Crippen LogP contribution in [-0.4, -0.2) is 5.91 Å². The fourth-order valence-corrected chi connectivity index (χ4v) is 2.50. The molecule has 0 atom stereocenters. The van der Waals surface area contributed by atoms with Crippen LogP contribution < -0.4 is 5.32 Å². The molecule has 0 aliphatic heterocycles. The number of carbonyl (C=O) groups is 1. The van der Waals surface area contributed by atoms with Crippen LogP contribution in [0.3, 0.4) is 0 Å². The van der Waals surface area contributed by atoms with Crippen LogP contribution in [-0.2, 0) is 5.41 Å². The highest BCUT2D eigenvalue weighted by molar-refractivity contribution is 7.14. The van der Waals surface area contributed by atoms with Crippen LogP contribution in [0.4, 0.5) is 13.8 Å². The second kappa shape index (κ2) is 5.62. The number of hydrogen-bond donors (Lipinski definition) is 1. The minimum Gasteiger partial charge on any atom is -0.313 e. The molecule has 6 heteroatoms. The van der Waals surface area contributed by atoms with E-state index in [0.717, 1.165) is 12.1 Å². The first-order valence-corrected chi connectivity index (χ1v) is 6.99. The van der Waals surface area contributed by atoms with Gasteiger partial charge in [0, 0.05) is 5.56 Å². The van der Waals surface area contributed by atoms with Gasteiger partial charge in [0.2, 0.25) is 0 Å². The van der Waals surface area contributed by atoms with Gasteiger partial charge in [0.05, 0.1) is 22.0 Å². The van der Waals surface area contributed by atoms with Crippen molar-refractivity contribution < 1.29 is 13.6 Å². The summed E-state index contributed by atoms with van der Waals surface area (Å²) in [6, 6.07) is 7.33. The number of amides is 1. The van der Waals surface area contributed by atoms with E-state index in [2.05, 4.69) is 5.32 Å². The quantitative estimate of drug-likeness (QED) is 0.929. The van der Waals surface area contributed by atoms with Crippen molar-refractivity contribution in [2.24, 2.45) is 0 Å². The molecule has 2 aromatic rings. The van der Waals surface area contributed by atoms with Crippen molar-refractivity contribution in [3.8, 4) is 6.07 Å². The van der Waals surface area contributed by atoms with Gasteiger partial charge in [0.15, 0.2) is 0 Å². The molecule has 1 aromatic heterocycles. The number of carbonyl (C=O) groups excluding carboxylic acids is 1. The summed E-state index contributed by atoms with van der Waals surface area (Å²) < 4.78 is 28.3. The third-order valence-electron chi connectivity index (χ3n) is 3.00. The highest BCUT2D eigenvalue weighted by atomic mass is 32.1. The number of halogens is 2. The predicted molar refractivity (Wildman–Crippen MR) is 77.3 cm³/mol. The van der Waals surface area contributed by atoms with Gasteiger partial charge in [-0.25, -0.2) is 8.78 Å². The monoisotopic (exact) mass is 306 g/mol. The fraction of sp³-hybridized carbons (Fsp3) is 0.200. The van der Waals surface area contributed by atoms with Gasteiger partial charge in [0.1, 0.15) is 11.6 Å². The van der Waals surface area contributed by atoms with Crippen LogP contribution >= 0.6 is 11.3 Å². The lowest BCUT2D eigenvalue weighted by Crippen LogP contribution is -2.22. The maximum atomic E-state index is 14.4. The van der Waals surface area contributed by atoms with E-state index in [1.165, 1.54) is 25.2 Å². The maximum absolute atomic E-state index is 14.4. The maximum Gasteiger partial charge on any atom is 0.259 e. The zero-order chi connectivity index (χ0) is 15.6. The molecule has 0 spiro atoms. The molecule has 1 heterocycles. The molecule has 1 N–H and O–H groups in total. The first-order valence-electron chi connectivity index (χ1n) is 6.11. The van der Waals surface area contributed by atoms with Crippen LogP contribution in [0.5, 0.6) is 0 Å². The molecule has 0 unspecified atom stereocenters. The second-order valence-electron chi connectivity index (χ2n) is 4.95. The Balaban J connectivity index is 2.45. The lowest BCUT2D eigenvalue weighted by molar-refractivity contribution is 0.102. The minimum absolute atomic E-state index is 0.289. The van der Waals surface area contributed by atoms with Gasteiger partial charge in [-0.1, -0.05) is 0 Å². The van der Waals surface area contributed by atoms with Crippen molar-refractivity contribution in [2.45, 2.75) is 19.3 Å². The van der Waals surface area contributed by atoms with Crippen LogP contribution in [0.25, 0.3) is 0 Å². The van der Waals surface area contributed by atoms with Crippen molar-refractivity contribution in [2.75, 3.05) is 5.32 Å². The lowest BCUT2D eigenvalue weighted by atomic mass is 9.84. The number of rotatable bonds is 3. The third-order valence-corrected chi connectivity index (χ3v) is 3.78. The van der Waals surface area contributed by atoms with Gasteiger partial charge in [-0.15, -0.1) is 11.3 Å². The molecule has 0 saturated carbocycles. The number of nitrogens with zero attached hydrogens (tertiary/aromatic N) is 1. The molecule has 1 amide bonds. The van der Waals surface area contributed by atoms with Crippen molar-refractivity contribution in [3.63, 3.8) is 0 Å². The Bertz CT molecular complexity index is 718. The molecule has 0 bridgehead atoms. The summed E-state index contributed by atoms with van der Waals surface area (Å²) in [5.74, 6) is -2.52. The third kappa shape index (κ3) is 2.93. The molecule has 1 aromatic carbocycles. The first kappa shape index (κ1) is 15.1. The number of nitrogens with one attached hydrogen (secondary N) is 1. The number of hydrogen-bond acceptors (Lipinski definition) is 3. The van der Waals surface area contributed by atoms with Crippen LogP contribution in [0.2, 0.25) is 0 Å². The van der Waals surface area contributed by atoms with E-state index in [-0.39, 0.29) is 5.56 Å². The van der Waals surface area contributed by atoms with Gasteiger partial charge in [-0.2, -0.15) is 5.26 Å². The van der Waals surface area contributed by atoms with Crippen molar-refractivity contribution in [1.29, 1.82) is 5.26 Å². The number of nitriles is 1. The topological polar surface area (TPSA) is 52.9 Å². The van der Waals surface area contributed by atoms with E-state index in [1.807, 2.05) is 6.07 Å². The van der Waals surface area contributed by atoms with Gasteiger partial charge in [-0.3, -0.25) is 4.79 Å². The molecule has 0 fully saturated rings. The van der Waals surface area contributed by atoms with Crippen LogP contribution in [0.15, 0.2) is 29.6 Å². The smallest absolute Gasteiger partial charge is 0.259 e. The molecule has 3 nitrogen and oxygen atoms in total. The summed E-state index contributed by atoms with van der Waals surface area (Å²) >= 11 is 1.29. The van der Waals surface area contributed by atoms with Gasteiger partial charge in [0.25, 0.3) is 5.91 Å². The highest BCUT2D eigenvalue weighted by Crippen LogP contribution is 2.30. The molecular formula is C15H12F2N2OS. The Morgan fingerprint density at radius 1 is 1.33 bits per heavy atom. The van der Waals surface area contributed by atoms with E-state index in [1.54, 1.807) is 17.5 Å². The Hall–Kier alpha value is -2.26. The predicted octanol–water partition coefficient (Wildman–Crippen LogP) is 4.08. The molecule has 0 aliphatic rings. The van der Waals surface area contributed by atoms with Gasteiger partial charge >= 0.3 is 0 Å². The summed E-state index contributed by atoms with van der Waals surface area (Å²) in [6.45, 7) is 2.80. The zero-order valence-corrected chi connectivity index (χ0v) is 12.2. The molecule has 2 rings (SSSR count). The van der Waals surface area contributed by atoms with Crippen LogP contribution in [0.1, 0.15) is 29.8 Å². The minimum atomic E-state index is -1.37. The number of thiophene rings is 1. The van der Waals surface area contributed by atoms with E-state index in [0.29, 0.717) is 5.00 Å². The molecule has 108 valence electrons. The van der Waals surface area contributed by atoms with E-state index in [4.69, 9.17) is 5.26 Å². The highest BCUT2D eigenvalue weighted by Gasteiger charge is 2.30. The van der Waals surface area contributed by atoms with Gasteiger partial charge in [-0.05, 0) is 43.5 Å². The Morgan fingerprint density at radius 2 is 2.05 bits per heavy atom. The first-order chi connectivity index (χ1) is 9.86. The van der Waals surface area contributed by atoms with Crippen LogP contribution in [0, 0.1) is 23.0 Å². The molecule has 0 radical (unpaired) electrons. The molecule has 21 heavy (non-hydrogen) atoms. The largest absolute Gasteiger partial charge is 0.313 e. The summed E-state index contributed by atoms with van der Waals surface area (Å²) in [5, 5.41) is 13.9. The summed E-state index contributed by atoms with van der Waals surface area (Å²) in [7, 11) is 0. The Kier molecular flexibility index (Phi) is 4.05. The summed E-state index contributed by atoms with van der Waals surface area (Å²) in [4.78, 5) is 12.1. The second-order valence-corrected chi connectivity index (χ2v) is 5.90. The van der Waals surface area contributed by atoms with Crippen molar-refractivity contribution >= 4 is 22.2 Å². The Labute approximate surface area is 124 Å². The standard InChI is InChI=1S/C15H12F2N2OS/c1-15(2,8-18)12-10(16)6-5-9(13(12)17)14(20)19-11-4-3-7-21-11/h3-7H,1-2H3,(H,19,20). The number of anilines is 1. The SMILES string of the molecule is CC(C)(C#N)c1c(F)ccc(C(=O)Nc2cccs2)c1F. The average molecular weight is 306 g/mol. The molecular weight excluding hydrogens is 294 g/mol. The average Bonchev–Trinajstić information content (AvgIpc) is 2.91. The van der Waals surface area contributed by atoms with Crippen molar-refractivity contribution in [1.82, 2.24) is 0 Å². The van der Waals surface area contributed by atoms with E-state index in [9.17, 15) is 13.6 Å². The molecule has 0 aliphatic carbocycles. The van der Waals surface area contributed by atoms with E-state index >= 15 is 0 Å². The number of benzene rings is 1. The normalized spacial score (nSPS) is 11.0. The lowest BCUT2D eigenvalue weighted by Gasteiger charge is -2.19. The van der Waals surface area contributed by atoms with E-state index < -0.39 is 28.5 Å². The molecule has 0 saturated heterocycles. The van der Waals surface area contributed by atoms with Crippen molar-refractivity contribution in [3.05, 3.63) is 52.4 Å². The summed E-state index contributed by atoms with van der Waals surface area (Å²) in [5.41, 5.74) is -2.06. The zero-order valence-electron chi connectivity index (χ0n) is 11.4. The summed E-state index contributed by atoms with van der Waals surface area (Å²) in [6.07, 6.45) is 0. The Morgan fingerprint density at radius 3 is 2.62 bits per heavy atom. The fourth-order valence-electron chi connectivity index (χ4n) is 1.89. The van der Waals surface area contributed by atoms with Gasteiger partial charge < -0.3 is 5.32 Å².